The first kappa shape index (κ1) is 21.2. The van der Waals surface area contributed by atoms with Crippen LogP contribution in [0.5, 0.6) is 0 Å². The summed E-state index contributed by atoms with van der Waals surface area (Å²) in [5.41, 5.74) is 0.941. The van der Waals surface area contributed by atoms with Crippen LogP contribution in [0.2, 0.25) is 0 Å². The second-order valence-electron chi connectivity index (χ2n) is 6.85. The highest BCUT2D eigenvalue weighted by molar-refractivity contribution is 7.14. The number of aromatic nitrogens is 2. The molecule has 3 rings (SSSR count). The van der Waals surface area contributed by atoms with E-state index in [2.05, 4.69) is 17.1 Å². The summed E-state index contributed by atoms with van der Waals surface area (Å²) in [6.07, 6.45) is -1.52. The molecule has 0 saturated carbocycles. The van der Waals surface area contributed by atoms with Crippen molar-refractivity contribution in [3.8, 4) is 10.6 Å². The highest BCUT2D eigenvalue weighted by Gasteiger charge is 2.33. The average Bonchev–Trinajstić information content (AvgIpc) is 3.15. The molecular formula is C22H21F3N2OS. The maximum absolute atomic E-state index is 13.1. The van der Waals surface area contributed by atoms with E-state index in [1.54, 1.807) is 11.3 Å². The minimum absolute atomic E-state index is 0.00934. The number of hydrogen-bond donors (Lipinski definition) is 0. The summed E-state index contributed by atoms with van der Waals surface area (Å²) in [6, 6.07) is 12.6. The number of Topliss-reactive ketones (excluding diaryl/α,β-unsaturated/α-hetero) is 1. The first-order chi connectivity index (χ1) is 13.9. The summed E-state index contributed by atoms with van der Waals surface area (Å²) < 4.78 is 39.2. The molecule has 0 amide bonds. The van der Waals surface area contributed by atoms with E-state index in [0.29, 0.717) is 0 Å². The van der Waals surface area contributed by atoms with E-state index in [9.17, 15) is 18.0 Å². The van der Waals surface area contributed by atoms with Gasteiger partial charge in [-0.25, -0.2) is 0 Å². The summed E-state index contributed by atoms with van der Waals surface area (Å²) in [4.78, 5) is 12.3. The smallest absolute Gasteiger partial charge is 0.299 e. The molecule has 1 heterocycles. The number of alkyl halides is 3. The third-order valence-electron chi connectivity index (χ3n) is 4.52. The Hall–Kier alpha value is -2.54. The highest BCUT2D eigenvalue weighted by atomic mass is 32.1. The number of carbonyl (C=O) groups excluding carboxylic acids is 1. The maximum atomic E-state index is 13.1. The van der Waals surface area contributed by atoms with Gasteiger partial charge in [-0.1, -0.05) is 67.1 Å². The molecule has 29 heavy (non-hydrogen) atoms. The van der Waals surface area contributed by atoms with Crippen LogP contribution < -0.4 is 0 Å². The fourth-order valence-corrected chi connectivity index (χ4v) is 3.90. The summed E-state index contributed by atoms with van der Waals surface area (Å²) in [6.45, 7) is 2.13. The van der Waals surface area contributed by atoms with Gasteiger partial charge in [0.1, 0.15) is 15.8 Å². The lowest BCUT2D eigenvalue weighted by atomic mass is 9.98. The van der Waals surface area contributed by atoms with E-state index < -0.39 is 11.7 Å². The lowest BCUT2D eigenvalue weighted by molar-refractivity contribution is -0.138. The van der Waals surface area contributed by atoms with Crippen LogP contribution >= 0.6 is 11.3 Å². The lowest BCUT2D eigenvalue weighted by Crippen LogP contribution is -2.13. The largest absolute Gasteiger partial charge is 0.416 e. The van der Waals surface area contributed by atoms with Crippen molar-refractivity contribution in [2.45, 2.75) is 45.2 Å². The molecule has 3 nitrogen and oxygen atoms in total. The van der Waals surface area contributed by atoms with E-state index >= 15 is 0 Å². The number of aryl methyl sites for hydroxylation is 1. The van der Waals surface area contributed by atoms with Gasteiger partial charge in [0.15, 0.2) is 0 Å². The molecule has 0 saturated heterocycles. The Labute approximate surface area is 171 Å². The van der Waals surface area contributed by atoms with E-state index in [-0.39, 0.29) is 24.2 Å². The fourth-order valence-electron chi connectivity index (χ4n) is 3.02. The van der Waals surface area contributed by atoms with Crippen LogP contribution in [0.3, 0.4) is 0 Å². The molecule has 0 aliphatic carbocycles. The Morgan fingerprint density at radius 2 is 1.72 bits per heavy atom. The van der Waals surface area contributed by atoms with Crippen molar-refractivity contribution in [3.05, 3.63) is 70.2 Å². The molecule has 0 radical (unpaired) electrons. The van der Waals surface area contributed by atoms with Gasteiger partial charge >= 0.3 is 6.18 Å². The molecule has 7 heteroatoms. The van der Waals surface area contributed by atoms with Gasteiger partial charge in [-0.2, -0.15) is 13.2 Å². The van der Waals surface area contributed by atoms with E-state index in [1.807, 2.05) is 24.3 Å². The van der Waals surface area contributed by atoms with Crippen LogP contribution in [0.15, 0.2) is 48.5 Å². The Kier molecular flexibility index (Phi) is 6.79. The summed E-state index contributed by atoms with van der Waals surface area (Å²) in [5, 5.41) is 10.2. The molecular weight excluding hydrogens is 397 g/mol. The molecule has 0 aliphatic heterocycles. The van der Waals surface area contributed by atoms with Gasteiger partial charge in [0.2, 0.25) is 0 Å². The van der Waals surface area contributed by atoms with E-state index in [0.717, 1.165) is 46.5 Å². The second kappa shape index (κ2) is 9.31. The number of nitrogens with zero attached hydrogens (tertiary/aromatic N) is 2. The number of benzene rings is 2. The summed E-state index contributed by atoms with van der Waals surface area (Å²) in [7, 11) is 0. The molecule has 1 aromatic heterocycles. The number of halogens is 3. The molecule has 0 fully saturated rings. The predicted octanol–water partition coefficient (Wildman–Crippen LogP) is 5.92. The van der Waals surface area contributed by atoms with E-state index in [1.165, 1.54) is 18.2 Å². The van der Waals surface area contributed by atoms with E-state index in [4.69, 9.17) is 0 Å². The normalized spacial score (nSPS) is 11.6. The van der Waals surface area contributed by atoms with Gasteiger partial charge in [0.05, 0.1) is 5.56 Å². The maximum Gasteiger partial charge on any atom is 0.416 e. The van der Waals surface area contributed by atoms with Gasteiger partial charge in [-0.3, -0.25) is 4.79 Å². The quantitative estimate of drug-likeness (QED) is 0.456. The summed E-state index contributed by atoms with van der Waals surface area (Å²) in [5.74, 6) is -0.257. The number of unbranched alkanes of at least 4 members (excludes halogenated alkanes) is 1. The van der Waals surface area contributed by atoms with Crippen molar-refractivity contribution in [1.29, 1.82) is 0 Å². The molecule has 0 bridgehead atoms. The zero-order valence-electron chi connectivity index (χ0n) is 16.0. The third-order valence-corrected chi connectivity index (χ3v) is 5.56. The lowest BCUT2D eigenvalue weighted by Gasteiger charge is -2.12. The molecule has 152 valence electrons. The van der Waals surface area contributed by atoms with Crippen molar-refractivity contribution in [2.24, 2.45) is 0 Å². The summed E-state index contributed by atoms with van der Waals surface area (Å²) >= 11 is 1.56. The topological polar surface area (TPSA) is 42.9 Å². The molecule has 0 spiro atoms. The van der Waals surface area contributed by atoms with Crippen LogP contribution in [0, 0.1) is 0 Å². The van der Waals surface area contributed by atoms with Crippen molar-refractivity contribution in [3.63, 3.8) is 0 Å². The first-order valence-electron chi connectivity index (χ1n) is 9.45. The second-order valence-corrected chi connectivity index (χ2v) is 7.91. The van der Waals surface area contributed by atoms with Crippen LogP contribution in [0.25, 0.3) is 10.6 Å². The minimum Gasteiger partial charge on any atom is -0.299 e. The van der Waals surface area contributed by atoms with Crippen molar-refractivity contribution in [1.82, 2.24) is 10.2 Å². The zero-order chi connectivity index (χ0) is 20.9. The van der Waals surface area contributed by atoms with Gasteiger partial charge < -0.3 is 0 Å². The Morgan fingerprint density at radius 3 is 2.41 bits per heavy atom. The standard InChI is InChI=1S/C22H21F3N2OS/c1-2-3-8-20-26-27-21(29-20)16-11-9-15(10-12-16)13-18(28)14-17-6-4-5-7-19(17)22(23,24)25/h4-7,9-12H,2-3,8,13-14H2,1H3. The van der Waals surface area contributed by atoms with Crippen LogP contribution in [-0.2, 0) is 30.2 Å². The molecule has 3 aromatic rings. The van der Waals surface area contributed by atoms with Gasteiger partial charge in [0, 0.05) is 24.8 Å². The van der Waals surface area contributed by atoms with Crippen molar-refractivity contribution < 1.29 is 18.0 Å². The third kappa shape index (κ3) is 5.73. The van der Waals surface area contributed by atoms with Crippen molar-refractivity contribution >= 4 is 17.1 Å². The molecule has 0 N–H and O–H groups in total. The van der Waals surface area contributed by atoms with Crippen LogP contribution in [0.1, 0.15) is 41.5 Å². The Morgan fingerprint density at radius 1 is 1.00 bits per heavy atom. The molecule has 0 unspecified atom stereocenters. The number of ketones is 1. The van der Waals surface area contributed by atoms with Gasteiger partial charge in [0.25, 0.3) is 0 Å². The Balaban J connectivity index is 1.64. The SMILES string of the molecule is CCCCc1nnc(-c2ccc(CC(=O)Cc3ccccc3C(F)(F)F)cc2)s1. The molecule has 0 aliphatic rings. The van der Waals surface area contributed by atoms with Crippen LogP contribution in [0.4, 0.5) is 13.2 Å². The van der Waals surface area contributed by atoms with Crippen molar-refractivity contribution in [2.75, 3.05) is 0 Å². The zero-order valence-corrected chi connectivity index (χ0v) is 16.8. The monoisotopic (exact) mass is 418 g/mol. The number of rotatable bonds is 8. The molecule has 2 aromatic carbocycles. The molecule has 0 atom stereocenters. The predicted molar refractivity (Wildman–Crippen MR) is 108 cm³/mol. The fraction of sp³-hybridized carbons (Fsp3) is 0.318. The minimum atomic E-state index is -4.46. The van der Waals surface area contributed by atoms with Gasteiger partial charge in [-0.15, -0.1) is 10.2 Å². The Bertz CT molecular complexity index is 965. The van der Waals surface area contributed by atoms with Crippen LogP contribution in [-0.4, -0.2) is 16.0 Å². The first-order valence-corrected chi connectivity index (χ1v) is 10.3. The highest BCUT2D eigenvalue weighted by Crippen LogP contribution is 2.32. The average molecular weight is 418 g/mol. The number of carbonyl (C=O) groups is 1. The van der Waals surface area contributed by atoms with Gasteiger partial charge in [-0.05, 0) is 23.6 Å². The number of hydrogen-bond acceptors (Lipinski definition) is 4.